The summed E-state index contributed by atoms with van der Waals surface area (Å²) in [7, 11) is 0. The SMILES string of the molecule is Cc1cc(C)c2c(c1)N(C(=O)c1cccc(CC(=O)O)c1)CCC2. The second kappa shape index (κ2) is 6.48. The molecule has 0 saturated carbocycles. The van der Waals surface area contributed by atoms with E-state index in [2.05, 4.69) is 19.1 Å². The second-order valence-electron chi connectivity index (χ2n) is 6.41. The minimum atomic E-state index is -0.894. The fourth-order valence-corrected chi connectivity index (χ4v) is 3.43. The molecule has 3 rings (SSSR count). The van der Waals surface area contributed by atoms with Gasteiger partial charge in [0.05, 0.1) is 6.42 Å². The number of aliphatic carboxylic acids is 1. The highest BCUT2D eigenvalue weighted by atomic mass is 16.4. The molecule has 2 aromatic rings. The molecule has 0 fully saturated rings. The van der Waals surface area contributed by atoms with Gasteiger partial charge in [-0.2, -0.15) is 0 Å². The first kappa shape index (κ1) is 16.2. The molecule has 2 aromatic carbocycles. The lowest BCUT2D eigenvalue weighted by Gasteiger charge is -2.31. The van der Waals surface area contributed by atoms with Crippen LogP contribution in [0.3, 0.4) is 0 Å². The third kappa shape index (κ3) is 3.18. The molecular weight excluding hydrogens is 302 g/mol. The number of amides is 1. The molecule has 1 N–H and O–H groups in total. The maximum Gasteiger partial charge on any atom is 0.307 e. The number of carboxylic acid groups (broad SMARTS) is 1. The van der Waals surface area contributed by atoms with Crippen molar-refractivity contribution in [2.75, 3.05) is 11.4 Å². The van der Waals surface area contributed by atoms with Crippen molar-refractivity contribution in [3.05, 3.63) is 64.2 Å². The van der Waals surface area contributed by atoms with Crippen molar-refractivity contribution in [1.82, 2.24) is 0 Å². The van der Waals surface area contributed by atoms with Crippen LogP contribution in [-0.2, 0) is 17.6 Å². The summed E-state index contributed by atoms with van der Waals surface area (Å²) >= 11 is 0. The summed E-state index contributed by atoms with van der Waals surface area (Å²) in [5.41, 5.74) is 5.79. The van der Waals surface area contributed by atoms with Crippen molar-refractivity contribution >= 4 is 17.6 Å². The van der Waals surface area contributed by atoms with Crippen molar-refractivity contribution < 1.29 is 14.7 Å². The molecule has 1 aliphatic heterocycles. The predicted molar refractivity (Wildman–Crippen MR) is 93.7 cm³/mol. The lowest BCUT2D eigenvalue weighted by atomic mass is 9.94. The Morgan fingerprint density at radius 3 is 2.71 bits per heavy atom. The summed E-state index contributed by atoms with van der Waals surface area (Å²) in [5.74, 6) is -0.956. The Morgan fingerprint density at radius 1 is 1.17 bits per heavy atom. The highest BCUT2D eigenvalue weighted by Crippen LogP contribution is 2.32. The number of rotatable bonds is 3. The van der Waals surface area contributed by atoms with Crippen LogP contribution >= 0.6 is 0 Å². The van der Waals surface area contributed by atoms with Gasteiger partial charge in [0.15, 0.2) is 0 Å². The zero-order valence-electron chi connectivity index (χ0n) is 14.0. The smallest absolute Gasteiger partial charge is 0.307 e. The number of carboxylic acids is 1. The van der Waals surface area contributed by atoms with Crippen LogP contribution in [-0.4, -0.2) is 23.5 Å². The number of aryl methyl sites for hydroxylation is 2. The molecule has 1 aliphatic rings. The fourth-order valence-electron chi connectivity index (χ4n) is 3.43. The summed E-state index contributed by atoms with van der Waals surface area (Å²) in [6.45, 7) is 4.82. The largest absolute Gasteiger partial charge is 0.481 e. The van der Waals surface area contributed by atoms with Gasteiger partial charge in [-0.15, -0.1) is 0 Å². The lowest BCUT2D eigenvalue weighted by Crippen LogP contribution is -2.36. The molecule has 0 atom stereocenters. The summed E-state index contributed by atoms with van der Waals surface area (Å²) < 4.78 is 0. The zero-order chi connectivity index (χ0) is 17.3. The van der Waals surface area contributed by atoms with Crippen molar-refractivity contribution in [2.24, 2.45) is 0 Å². The lowest BCUT2D eigenvalue weighted by molar-refractivity contribution is -0.136. The number of hydrogen-bond acceptors (Lipinski definition) is 2. The highest BCUT2D eigenvalue weighted by Gasteiger charge is 2.25. The summed E-state index contributed by atoms with van der Waals surface area (Å²) in [6, 6.07) is 11.2. The Balaban J connectivity index is 1.96. The van der Waals surface area contributed by atoms with Crippen molar-refractivity contribution in [2.45, 2.75) is 33.1 Å². The molecular formula is C20H21NO3. The number of nitrogens with zero attached hydrogens (tertiary/aromatic N) is 1. The summed E-state index contributed by atoms with van der Waals surface area (Å²) in [6.07, 6.45) is 1.86. The van der Waals surface area contributed by atoms with E-state index in [0.29, 0.717) is 17.7 Å². The normalized spacial score (nSPS) is 13.5. The molecule has 1 heterocycles. The Hall–Kier alpha value is -2.62. The molecule has 0 spiro atoms. The van der Waals surface area contributed by atoms with Crippen LogP contribution in [0, 0.1) is 13.8 Å². The number of carbonyl (C=O) groups is 2. The minimum absolute atomic E-state index is 0.0619. The summed E-state index contributed by atoms with van der Waals surface area (Å²) in [4.78, 5) is 25.7. The third-order valence-electron chi connectivity index (χ3n) is 4.47. The van der Waals surface area contributed by atoms with Gasteiger partial charge in [-0.05, 0) is 67.1 Å². The van der Waals surface area contributed by atoms with Gasteiger partial charge in [-0.3, -0.25) is 9.59 Å². The van der Waals surface area contributed by atoms with Gasteiger partial charge in [-0.1, -0.05) is 18.2 Å². The molecule has 0 saturated heterocycles. The highest BCUT2D eigenvalue weighted by molar-refractivity contribution is 6.07. The van der Waals surface area contributed by atoms with E-state index in [9.17, 15) is 9.59 Å². The van der Waals surface area contributed by atoms with E-state index >= 15 is 0 Å². The average molecular weight is 323 g/mol. The van der Waals surface area contributed by atoms with Crippen LogP contribution in [0.1, 0.15) is 39.0 Å². The van der Waals surface area contributed by atoms with Gasteiger partial charge in [0.1, 0.15) is 0 Å². The van der Waals surface area contributed by atoms with Gasteiger partial charge in [0, 0.05) is 17.8 Å². The van der Waals surface area contributed by atoms with Crippen LogP contribution in [0.15, 0.2) is 36.4 Å². The van der Waals surface area contributed by atoms with E-state index in [1.54, 1.807) is 24.3 Å². The number of anilines is 1. The van der Waals surface area contributed by atoms with Crippen LogP contribution in [0.5, 0.6) is 0 Å². The van der Waals surface area contributed by atoms with Crippen LogP contribution in [0.2, 0.25) is 0 Å². The first-order valence-electron chi connectivity index (χ1n) is 8.18. The molecule has 4 heteroatoms. The topological polar surface area (TPSA) is 57.6 Å². The molecule has 0 unspecified atom stereocenters. The number of benzene rings is 2. The van der Waals surface area contributed by atoms with Crippen LogP contribution in [0.4, 0.5) is 5.69 Å². The van der Waals surface area contributed by atoms with E-state index in [1.165, 1.54) is 11.1 Å². The maximum absolute atomic E-state index is 13.0. The second-order valence-corrected chi connectivity index (χ2v) is 6.41. The van der Waals surface area contributed by atoms with Gasteiger partial charge in [-0.25, -0.2) is 0 Å². The van der Waals surface area contributed by atoms with Crippen LogP contribution in [0.25, 0.3) is 0 Å². The van der Waals surface area contributed by atoms with E-state index in [4.69, 9.17) is 5.11 Å². The predicted octanol–water partition coefficient (Wildman–Crippen LogP) is 3.52. The third-order valence-corrected chi connectivity index (χ3v) is 4.47. The monoisotopic (exact) mass is 323 g/mol. The molecule has 24 heavy (non-hydrogen) atoms. The average Bonchev–Trinajstić information content (AvgIpc) is 2.53. The summed E-state index contributed by atoms with van der Waals surface area (Å²) in [5, 5.41) is 8.94. The van der Waals surface area contributed by atoms with Crippen LogP contribution < -0.4 is 4.90 Å². The molecule has 0 aromatic heterocycles. The maximum atomic E-state index is 13.0. The minimum Gasteiger partial charge on any atom is -0.481 e. The fraction of sp³-hybridized carbons (Fsp3) is 0.300. The van der Waals surface area contributed by atoms with Crippen molar-refractivity contribution in [1.29, 1.82) is 0 Å². The number of carbonyl (C=O) groups excluding carboxylic acids is 1. The van der Waals surface area contributed by atoms with Gasteiger partial charge >= 0.3 is 5.97 Å². The zero-order valence-corrected chi connectivity index (χ0v) is 14.0. The van der Waals surface area contributed by atoms with E-state index < -0.39 is 5.97 Å². The van der Waals surface area contributed by atoms with E-state index in [-0.39, 0.29) is 12.3 Å². The molecule has 4 nitrogen and oxygen atoms in total. The quantitative estimate of drug-likeness (QED) is 0.940. The van der Waals surface area contributed by atoms with Gasteiger partial charge in [0.25, 0.3) is 5.91 Å². The molecule has 1 amide bonds. The first-order valence-corrected chi connectivity index (χ1v) is 8.18. The number of fused-ring (bicyclic) bond motifs is 1. The van der Waals surface area contributed by atoms with E-state index in [1.807, 2.05) is 11.8 Å². The van der Waals surface area contributed by atoms with Crippen molar-refractivity contribution in [3.63, 3.8) is 0 Å². The first-order chi connectivity index (χ1) is 11.5. The number of hydrogen-bond donors (Lipinski definition) is 1. The molecule has 124 valence electrons. The van der Waals surface area contributed by atoms with Gasteiger partial charge in [0.2, 0.25) is 0 Å². The Kier molecular flexibility index (Phi) is 4.38. The molecule has 0 radical (unpaired) electrons. The van der Waals surface area contributed by atoms with Crippen molar-refractivity contribution in [3.8, 4) is 0 Å². The van der Waals surface area contributed by atoms with Gasteiger partial charge < -0.3 is 10.0 Å². The molecule has 0 aliphatic carbocycles. The standard InChI is InChI=1S/C20H21NO3/c1-13-9-14(2)17-7-4-8-21(18(17)10-13)20(24)16-6-3-5-15(11-16)12-19(22)23/h3,5-6,9-11H,4,7-8,12H2,1-2H3,(H,22,23). The Bertz CT molecular complexity index is 811. The molecule has 0 bridgehead atoms. The Labute approximate surface area is 141 Å². The van der Waals surface area contributed by atoms with E-state index in [0.717, 1.165) is 24.1 Å². The Morgan fingerprint density at radius 2 is 1.96 bits per heavy atom.